The van der Waals surface area contributed by atoms with Gasteiger partial charge in [0.1, 0.15) is 23.0 Å². The van der Waals surface area contributed by atoms with Crippen molar-refractivity contribution in [2.24, 2.45) is 0 Å². The molecule has 0 fully saturated rings. The third-order valence-corrected chi connectivity index (χ3v) is 3.97. The van der Waals surface area contributed by atoms with Crippen LogP contribution in [0.15, 0.2) is 41.9 Å². The molecule has 0 spiro atoms. The van der Waals surface area contributed by atoms with Crippen molar-refractivity contribution < 1.29 is 18.9 Å². The van der Waals surface area contributed by atoms with Crippen molar-refractivity contribution in [3.63, 3.8) is 0 Å². The van der Waals surface area contributed by atoms with E-state index >= 15 is 0 Å². The quantitative estimate of drug-likeness (QED) is 0.806. The fourth-order valence-electron chi connectivity index (χ4n) is 2.73. The molecule has 23 heavy (non-hydrogen) atoms. The van der Waals surface area contributed by atoms with E-state index in [-0.39, 0.29) is 6.42 Å². The van der Waals surface area contributed by atoms with E-state index in [1.807, 2.05) is 24.3 Å². The van der Waals surface area contributed by atoms with Gasteiger partial charge in [-0.3, -0.25) is 0 Å². The van der Waals surface area contributed by atoms with E-state index in [4.69, 9.17) is 18.9 Å². The second kappa shape index (κ2) is 7.10. The average molecular weight is 315 g/mol. The summed E-state index contributed by atoms with van der Waals surface area (Å²) in [5, 5.41) is 9.36. The third-order valence-electron chi connectivity index (χ3n) is 3.97. The van der Waals surface area contributed by atoms with Crippen molar-refractivity contribution in [2.75, 3.05) is 28.4 Å². The lowest BCUT2D eigenvalue weighted by atomic mass is 9.74. The number of allylic oxidation sites excluding steroid dienone is 2. The number of methoxy groups -OCH3 is 4. The van der Waals surface area contributed by atoms with E-state index in [2.05, 4.69) is 6.07 Å². The van der Waals surface area contributed by atoms with Crippen LogP contribution in [0.3, 0.4) is 0 Å². The van der Waals surface area contributed by atoms with Crippen LogP contribution in [0, 0.1) is 11.3 Å². The highest BCUT2D eigenvalue weighted by atomic mass is 16.5. The molecule has 1 aromatic carbocycles. The van der Waals surface area contributed by atoms with Gasteiger partial charge in [0.15, 0.2) is 0 Å². The molecule has 0 amide bonds. The second-order valence-electron chi connectivity index (χ2n) is 5.28. The predicted octanol–water partition coefficient (Wildman–Crippen LogP) is 3.32. The molecule has 0 unspecified atom stereocenters. The Bertz CT molecular complexity index is 628. The number of hydrogen-bond donors (Lipinski definition) is 0. The molecule has 0 radical (unpaired) electrons. The Kier molecular flexibility index (Phi) is 5.17. The molecule has 0 saturated carbocycles. The van der Waals surface area contributed by atoms with Crippen LogP contribution in [0.2, 0.25) is 0 Å². The number of ether oxygens (including phenoxy) is 4. The Morgan fingerprint density at radius 1 is 0.913 bits per heavy atom. The summed E-state index contributed by atoms with van der Waals surface area (Å²) in [6, 6.07) is 7.86. The zero-order valence-corrected chi connectivity index (χ0v) is 13.9. The van der Waals surface area contributed by atoms with E-state index < -0.39 is 5.41 Å². The van der Waals surface area contributed by atoms with Crippen LogP contribution in [0.1, 0.15) is 18.4 Å². The van der Waals surface area contributed by atoms with Gasteiger partial charge in [-0.05, 0) is 29.8 Å². The van der Waals surface area contributed by atoms with E-state index in [9.17, 15) is 5.26 Å². The maximum absolute atomic E-state index is 9.36. The van der Waals surface area contributed by atoms with Crippen molar-refractivity contribution in [3.05, 3.63) is 47.4 Å². The second-order valence-corrected chi connectivity index (χ2v) is 5.28. The molecule has 1 aliphatic rings. The van der Waals surface area contributed by atoms with Crippen molar-refractivity contribution in [1.82, 2.24) is 0 Å². The first-order chi connectivity index (χ1) is 11.1. The lowest BCUT2D eigenvalue weighted by molar-refractivity contribution is 0.226. The van der Waals surface area contributed by atoms with Crippen LogP contribution in [-0.4, -0.2) is 28.4 Å². The summed E-state index contributed by atoms with van der Waals surface area (Å²) in [5.74, 6) is 2.87. The molecule has 0 aliphatic heterocycles. The molecule has 5 heteroatoms. The molecule has 1 aliphatic carbocycles. The summed E-state index contributed by atoms with van der Waals surface area (Å²) in [6.45, 7) is 0. The van der Waals surface area contributed by atoms with Crippen LogP contribution in [0.5, 0.6) is 11.5 Å². The van der Waals surface area contributed by atoms with Crippen LogP contribution < -0.4 is 9.47 Å². The molecule has 0 aromatic heterocycles. The van der Waals surface area contributed by atoms with Gasteiger partial charge in [0.05, 0.1) is 52.8 Å². The van der Waals surface area contributed by atoms with Gasteiger partial charge in [0.2, 0.25) is 0 Å². The molecule has 0 bridgehead atoms. The van der Waals surface area contributed by atoms with Gasteiger partial charge in [0, 0.05) is 6.07 Å². The van der Waals surface area contributed by atoms with Crippen molar-refractivity contribution >= 4 is 0 Å². The lowest BCUT2D eigenvalue weighted by Gasteiger charge is -2.31. The zero-order valence-electron chi connectivity index (χ0n) is 13.9. The summed E-state index contributed by atoms with van der Waals surface area (Å²) in [7, 11) is 6.44. The Morgan fingerprint density at radius 3 is 1.83 bits per heavy atom. The van der Waals surface area contributed by atoms with Gasteiger partial charge in [-0.2, -0.15) is 5.26 Å². The Hall–Kier alpha value is -2.61. The Morgan fingerprint density at radius 2 is 1.43 bits per heavy atom. The van der Waals surface area contributed by atoms with Crippen LogP contribution in [0.25, 0.3) is 0 Å². The number of benzene rings is 1. The minimum absolute atomic E-state index is 0.253. The predicted molar refractivity (Wildman–Crippen MR) is 86.3 cm³/mol. The van der Waals surface area contributed by atoms with Gasteiger partial charge in [0.25, 0.3) is 0 Å². The molecule has 0 N–H and O–H groups in total. The van der Waals surface area contributed by atoms with E-state index in [1.165, 1.54) is 0 Å². The van der Waals surface area contributed by atoms with Crippen molar-refractivity contribution in [1.29, 1.82) is 5.26 Å². The van der Waals surface area contributed by atoms with E-state index in [0.717, 1.165) is 17.1 Å². The van der Waals surface area contributed by atoms with Crippen LogP contribution in [-0.2, 0) is 14.9 Å². The van der Waals surface area contributed by atoms with E-state index in [1.54, 1.807) is 34.5 Å². The maximum Gasteiger partial charge on any atom is 0.122 e. The van der Waals surface area contributed by atoms with Gasteiger partial charge in [-0.15, -0.1) is 0 Å². The molecule has 0 atom stereocenters. The highest BCUT2D eigenvalue weighted by molar-refractivity contribution is 5.49. The largest absolute Gasteiger partial charge is 0.501 e. The fraction of sp³-hybridized carbons (Fsp3) is 0.389. The number of hydrogen-bond acceptors (Lipinski definition) is 5. The monoisotopic (exact) mass is 315 g/mol. The first-order valence-corrected chi connectivity index (χ1v) is 7.22. The first-order valence-electron chi connectivity index (χ1n) is 7.22. The minimum Gasteiger partial charge on any atom is -0.501 e. The molecule has 2 rings (SSSR count). The van der Waals surface area contributed by atoms with Gasteiger partial charge >= 0.3 is 0 Å². The molecule has 5 nitrogen and oxygen atoms in total. The van der Waals surface area contributed by atoms with E-state index in [0.29, 0.717) is 17.9 Å². The minimum atomic E-state index is -0.647. The summed E-state index contributed by atoms with van der Waals surface area (Å²) in [5.41, 5.74) is 0.241. The summed E-state index contributed by atoms with van der Waals surface area (Å²) >= 11 is 0. The number of nitriles is 1. The molecule has 0 saturated heterocycles. The van der Waals surface area contributed by atoms with Crippen molar-refractivity contribution in [3.8, 4) is 17.6 Å². The normalized spacial score (nSPS) is 15.8. The fourth-order valence-corrected chi connectivity index (χ4v) is 2.73. The number of nitrogens with zero attached hydrogens (tertiary/aromatic N) is 1. The Labute approximate surface area is 136 Å². The highest BCUT2D eigenvalue weighted by Crippen LogP contribution is 2.41. The summed E-state index contributed by atoms with van der Waals surface area (Å²) in [4.78, 5) is 0. The van der Waals surface area contributed by atoms with Gasteiger partial charge in [-0.25, -0.2) is 0 Å². The molecule has 0 heterocycles. The van der Waals surface area contributed by atoms with Gasteiger partial charge in [-0.1, -0.05) is 0 Å². The maximum atomic E-state index is 9.36. The van der Waals surface area contributed by atoms with Gasteiger partial charge < -0.3 is 18.9 Å². The van der Waals surface area contributed by atoms with Crippen LogP contribution in [0.4, 0.5) is 0 Å². The lowest BCUT2D eigenvalue weighted by Crippen LogP contribution is -2.25. The number of rotatable bonds is 6. The standard InChI is InChI=1S/C18H21NO4/c1-20-14-7-13(8-15(9-14)21-2)18(5-6-19)11-16(22-3)10-17(12-18)23-4/h7-9,11-12H,5,10H2,1-4H3. The topological polar surface area (TPSA) is 60.7 Å². The average Bonchev–Trinajstić information content (AvgIpc) is 2.60. The molecule has 122 valence electrons. The summed E-state index contributed by atoms with van der Waals surface area (Å²) < 4.78 is 21.6. The summed E-state index contributed by atoms with van der Waals surface area (Å²) in [6.07, 6.45) is 4.75. The first kappa shape index (κ1) is 16.8. The third kappa shape index (κ3) is 3.42. The molecule has 1 aromatic rings. The SMILES string of the molecule is COC1=CC(CC#N)(c2cc(OC)cc(OC)c2)C=C(OC)C1. The smallest absolute Gasteiger partial charge is 0.122 e. The van der Waals surface area contributed by atoms with Crippen LogP contribution >= 0.6 is 0 Å². The Balaban J connectivity index is 2.65. The molecular weight excluding hydrogens is 294 g/mol. The zero-order chi connectivity index (χ0) is 16.9. The highest BCUT2D eigenvalue weighted by Gasteiger charge is 2.34. The van der Waals surface area contributed by atoms with Crippen molar-refractivity contribution in [2.45, 2.75) is 18.3 Å². The molecular formula is C18H21NO4.